The van der Waals surface area contributed by atoms with Gasteiger partial charge in [-0.1, -0.05) is 6.92 Å². The fourth-order valence-electron chi connectivity index (χ4n) is 2.39. The molecule has 0 amide bonds. The molecule has 26 heavy (non-hydrogen) atoms. The van der Waals surface area contributed by atoms with E-state index in [0.29, 0.717) is 44.2 Å². The Hall–Kier alpha value is -3.12. The molecular formula is C17H22N6O3. The summed E-state index contributed by atoms with van der Waals surface area (Å²) in [5.41, 5.74) is 9.33. The van der Waals surface area contributed by atoms with Gasteiger partial charge in [-0.15, -0.1) is 0 Å². The van der Waals surface area contributed by atoms with Crippen molar-refractivity contribution < 1.29 is 14.3 Å². The molecule has 4 N–H and O–H groups in total. The van der Waals surface area contributed by atoms with E-state index in [1.165, 1.54) is 0 Å². The highest BCUT2D eigenvalue weighted by Gasteiger charge is 2.20. The van der Waals surface area contributed by atoms with Gasteiger partial charge in [-0.2, -0.15) is 10.4 Å². The van der Waals surface area contributed by atoms with Crippen LogP contribution in [0.15, 0.2) is 23.3 Å². The van der Waals surface area contributed by atoms with Gasteiger partial charge in [0.05, 0.1) is 36.8 Å². The van der Waals surface area contributed by atoms with Gasteiger partial charge in [-0.05, 0) is 24.6 Å². The fourth-order valence-corrected chi connectivity index (χ4v) is 2.39. The Bertz CT molecular complexity index is 735. The minimum Gasteiger partial charge on any atom is -0.462 e. The minimum atomic E-state index is -0.437. The van der Waals surface area contributed by atoms with Crippen molar-refractivity contribution in [2.24, 2.45) is 10.8 Å². The van der Waals surface area contributed by atoms with Gasteiger partial charge in [0.25, 0.3) is 0 Å². The molecule has 0 aliphatic carbocycles. The largest absolute Gasteiger partial charge is 0.462 e. The number of hydrogen-bond donors (Lipinski definition) is 3. The molecule has 1 fully saturated rings. The van der Waals surface area contributed by atoms with Crippen LogP contribution in [0.4, 0.5) is 11.4 Å². The summed E-state index contributed by atoms with van der Waals surface area (Å²) in [5.74, 6) is -0.861. The molecule has 0 atom stereocenters. The van der Waals surface area contributed by atoms with E-state index in [4.69, 9.17) is 25.9 Å². The van der Waals surface area contributed by atoms with Crippen LogP contribution in [0.3, 0.4) is 0 Å². The zero-order valence-corrected chi connectivity index (χ0v) is 14.6. The number of hydrogen-bond acceptors (Lipinski definition) is 8. The number of nitrogens with zero attached hydrogens (tertiary/aromatic N) is 3. The molecule has 0 aromatic heterocycles. The van der Waals surface area contributed by atoms with Crippen LogP contribution in [0.1, 0.15) is 23.7 Å². The Balaban J connectivity index is 2.30. The number of rotatable bonds is 7. The standard InChI is InChI=1S/C17H22N6O3/c1-2-7-26-17(24)13-10-12(21-22-14(11-18)16(19)20)3-4-15(13)23-5-8-25-9-6-23/h3-4,10,21H,2,5-9H2,1H3,(H3,19,20)/b22-14+. The van der Waals surface area contributed by atoms with Crippen LogP contribution >= 0.6 is 0 Å². The number of nitrogens with two attached hydrogens (primary N) is 1. The summed E-state index contributed by atoms with van der Waals surface area (Å²) >= 11 is 0. The third-order valence-corrected chi connectivity index (χ3v) is 3.66. The Morgan fingerprint density at radius 1 is 1.50 bits per heavy atom. The monoisotopic (exact) mass is 358 g/mol. The van der Waals surface area contributed by atoms with Gasteiger partial charge in [0.15, 0.2) is 5.84 Å². The predicted molar refractivity (Wildman–Crippen MR) is 98.6 cm³/mol. The van der Waals surface area contributed by atoms with Gasteiger partial charge < -0.3 is 20.1 Å². The summed E-state index contributed by atoms with van der Waals surface area (Å²) in [5, 5.41) is 19.9. The quantitative estimate of drug-likeness (QED) is 0.289. The summed E-state index contributed by atoms with van der Waals surface area (Å²) in [6, 6.07) is 6.87. The van der Waals surface area contributed by atoms with Gasteiger partial charge >= 0.3 is 5.97 Å². The Morgan fingerprint density at radius 3 is 2.85 bits per heavy atom. The number of nitrogens with one attached hydrogen (secondary N) is 2. The molecule has 0 bridgehead atoms. The second-order valence-corrected chi connectivity index (χ2v) is 5.56. The first-order valence-electron chi connectivity index (χ1n) is 8.28. The minimum absolute atomic E-state index is 0.239. The van der Waals surface area contributed by atoms with Gasteiger partial charge in [-0.25, -0.2) is 4.79 Å². The lowest BCUT2D eigenvalue weighted by molar-refractivity contribution is 0.0505. The van der Waals surface area contributed by atoms with E-state index in [2.05, 4.69) is 15.4 Å². The smallest absolute Gasteiger partial charge is 0.340 e. The van der Waals surface area contributed by atoms with E-state index in [1.54, 1.807) is 24.3 Å². The van der Waals surface area contributed by atoms with E-state index in [1.807, 2.05) is 6.92 Å². The molecule has 2 rings (SSSR count). The summed E-state index contributed by atoms with van der Waals surface area (Å²) in [4.78, 5) is 14.5. The van der Waals surface area contributed by atoms with Crippen molar-refractivity contribution in [3.8, 4) is 6.07 Å². The van der Waals surface area contributed by atoms with Crippen LogP contribution in [0.25, 0.3) is 0 Å². The lowest BCUT2D eigenvalue weighted by Crippen LogP contribution is -2.37. The maximum atomic E-state index is 12.5. The van der Waals surface area contributed by atoms with Crippen molar-refractivity contribution in [3.05, 3.63) is 23.8 Å². The first-order chi connectivity index (χ1) is 12.6. The molecule has 9 nitrogen and oxygen atoms in total. The Labute approximate surface area is 151 Å². The number of carbonyl (C=O) groups excluding carboxylic acids is 1. The predicted octanol–water partition coefficient (Wildman–Crippen LogP) is 1.32. The lowest BCUT2D eigenvalue weighted by Gasteiger charge is -2.30. The van der Waals surface area contributed by atoms with Gasteiger partial charge in [0.2, 0.25) is 5.71 Å². The zero-order chi connectivity index (χ0) is 18.9. The SMILES string of the molecule is CCCOC(=O)c1cc(N/N=C(\C#N)C(=N)N)ccc1N1CCOCC1. The molecule has 9 heteroatoms. The molecule has 1 aromatic rings. The Kier molecular flexibility index (Phi) is 6.93. The second-order valence-electron chi connectivity index (χ2n) is 5.56. The maximum Gasteiger partial charge on any atom is 0.340 e. The van der Waals surface area contributed by atoms with Crippen LogP contribution in [-0.4, -0.2) is 50.4 Å². The van der Waals surface area contributed by atoms with Crippen molar-refractivity contribution in [1.82, 2.24) is 0 Å². The summed E-state index contributed by atoms with van der Waals surface area (Å²) < 4.78 is 10.6. The number of benzene rings is 1. The number of hydrazone groups is 1. The lowest BCUT2D eigenvalue weighted by atomic mass is 10.1. The molecule has 1 saturated heterocycles. The number of morpholine rings is 1. The van der Waals surface area contributed by atoms with E-state index < -0.39 is 11.8 Å². The molecule has 0 spiro atoms. The van der Waals surface area contributed by atoms with Crippen LogP contribution in [0, 0.1) is 16.7 Å². The number of ether oxygens (including phenoxy) is 2. The maximum absolute atomic E-state index is 12.5. The molecule has 1 aliphatic rings. The fraction of sp³-hybridized carbons (Fsp3) is 0.412. The van der Waals surface area contributed by atoms with Crippen molar-refractivity contribution in [3.63, 3.8) is 0 Å². The van der Waals surface area contributed by atoms with Crippen LogP contribution in [0.2, 0.25) is 0 Å². The number of amidine groups is 1. The summed E-state index contributed by atoms with van der Waals surface area (Å²) in [6.45, 7) is 4.81. The third-order valence-electron chi connectivity index (χ3n) is 3.66. The first kappa shape index (κ1) is 19.2. The van der Waals surface area contributed by atoms with E-state index in [-0.39, 0.29) is 5.71 Å². The molecule has 1 aliphatic heterocycles. The van der Waals surface area contributed by atoms with Crippen LogP contribution in [-0.2, 0) is 9.47 Å². The van der Waals surface area contributed by atoms with E-state index in [0.717, 1.165) is 12.1 Å². The highest BCUT2D eigenvalue weighted by Crippen LogP contribution is 2.26. The molecule has 138 valence electrons. The van der Waals surface area contributed by atoms with Crippen molar-refractivity contribution in [1.29, 1.82) is 10.7 Å². The topological polar surface area (TPSA) is 137 Å². The highest BCUT2D eigenvalue weighted by atomic mass is 16.5. The van der Waals surface area contributed by atoms with Crippen LogP contribution < -0.4 is 16.1 Å². The van der Waals surface area contributed by atoms with Gasteiger partial charge in [0.1, 0.15) is 6.07 Å². The average Bonchev–Trinajstić information content (AvgIpc) is 2.67. The van der Waals surface area contributed by atoms with E-state index >= 15 is 0 Å². The average molecular weight is 358 g/mol. The molecule has 0 saturated carbocycles. The molecule has 1 heterocycles. The van der Waals surface area contributed by atoms with Crippen LogP contribution in [0.5, 0.6) is 0 Å². The number of nitriles is 1. The summed E-state index contributed by atoms with van der Waals surface area (Å²) in [6.07, 6.45) is 0.727. The highest BCUT2D eigenvalue weighted by molar-refractivity contribution is 6.45. The molecular weight excluding hydrogens is 336 g/mol. The number of anilines is 2. The normalized spacial score (nSPS) is 14.5. The number of carbonyl (C=O) groups is 1. The number of esters is 1. The van der Waals surface area contributed by atoms with E-state index in [9.17, 15) is 4.79 Å². The second kappa shape index (κ2) is 9.39. The first-order valence-corrected chi connectivity index (χ1v) is 8.28. The van der Waals surface area contributed by atoms with Gasteiger partial charge in [-0.3, -0.25) is 10.8 Å². The summed E-state index contributed by atoms with van der Waals surface area (Å²) in [7, 11) is 0. The van der Waals surface area contributed by atoms with Crippen molar-refractivity contribution in [2.45, 2.75) is 13.3 Å². The molecule has 0 unspecified atom stereocenters. The zero-order valence-electron chi connectivity index (χ0n) is 14.6. The van der Waals surface area contributed by atoms with Crippen molar-refractivity contribution >= 4 is 28.9 Å². The third kappa shape index (κ3) is 4.94. The molecule has 0 radical (unpaired) electrons. The Morgan fingerprint density at radius 2 is 2.23 bits per heavy atom. The van der Waals surface area contributed by atoms with Crippen molar-refractivity contribution in [2.75, 3.05) is 43.2 Å². The van der Waals surface area contributed by atoms with Gasteiger partial charge in [0, 0.05) is 13.1 Å². The molecule has 1 aromatic carbocycles.